The van der Waals surface area contributed by atoms with Crippen molar-refractivity contribution in [2.75, 3.05) is 43.4 Å². The van der Waals surface area contributed by atoms with Crippen molar-refractivity contribution >= 4 is 55.0 Å². The summed E-state index contributed by atoms with van der Waals surface area (Å²) in [5.41, 5.74) is 3.98. The van der Waals surface area contributed by atoms with Crippen LogP contribution in [0.15, 0.2) is 18.2 Å². The minimum atomic E-state index is -4.70. The highest BCUT2D eigenvalue weighted by molar-refractivity contribution is 7.22. The van der Waals surface area contributed by atoms with E-state index in [1.165, 1.54) is 6.07 Å². The Labute approximate surface area is 263 Å². The van der Waals surface area contributed by atoms with Crippen molar-refractivity contribution in [3.63, 3.8) is 0 Å². The van der Waals surface area contributed by atoms with Crippen molar-refractivity contribution in [3.8, 4) is 17.1 Å². The van der Waals surface area contributed by atoms with E-state index in [0.717, 1.165) is 55.7 Å². The largest absolute Gasteiger partial charge is 0.461 e. The smallest absolute Gasteiger partial charge is 0.416 e. The number of nitrogens with zero attached hydrogens (tertiary/aromatic N) is 5. The molecule has 2 aromatic heterocycles. The molecular weight excluding hydrogens is 637 g/mol. The van der Waals surface area contributed by atoms with Gasteiger partial charge in [0.25, 0.3) is 0 Å². The van der Waals surface area contributed by atoms with Gasteiger partial charge in [0.1, 0.15) is 24.1 Å². The van der Waals surface area contributed by atoms with Crippen LogP contribution in [0.5, 0.6) is 6.01 Å². The van der Waals surface area contributed by atoms with Crippen LogP contribution in [0.2, 0.25) is 5.02 Å². The molecule has 4 aromatic rings. The Hall–Kier alpha value is -3.07. The Morgan fingerprint density at radius 3 is 2.62 bits per heavy atom. The number of nitrogens with two attached hydrogens (primary N) is 1. The summed E-state index contributed by atoms with van der Waals surface area (Å²) in [6.07, 6.45) is -1.63. The minimum Gasteiger partial charge on any atom is -0.461 e. The zero-order valence-electron chi connectivity index (χ0n) is 23.9. The molecule has 45 heavy (non-hydrogen) atoms. The van der Waals surface area contributed by atoms with Gasteiger partial charge in [-0.15, -0.1) is 0 Å². The molecule has 0 radical (unpaired) electrons. The van der Waals surface area contributed by atoms with Crippen molar-refractivity contribution in [1.29, 1.82) is 0 Å². The number of halogens is 6. The molecule has 4 saturated heterocycles. The lowest BCUT2D eigenvalue weighted by atomic mass is 9.95. The molecule has 238 valence electrons. The van der Waals surface area contributed by atoms with E-state index < -0.39 is 29.3 Å². The number of hydrogen-bond donors (Lipinski definition) is 2. The summed E-state index contributed by atoms with van der Waals surface area (Å²) in [7, 11) is 0. The molecule has 2 unspecified atom stereocenters. The summed E-state index contributed by atoms with van der Waals surface area (Å²) in [5, 5.41) is 3.82. The highest BCUT2D eigenvalue weighted by atomic mass is 35.5. The van der Waals surface area contributed by atoms with Crippen LogP contribution in [-0.2, 0) is 6.18 Å². The van der Waals surface area contributed by atoms with E-state index >= 15 is 4.39 Å². The fraction of sp³-hybridized carbons (Fsp3) is 0.500. The maximum absolute atomic E-state index is 16.8. The van der Waals surface area contributed by atoms with E-state index in [9.17, 15) is 17.6 Å². The molecule has 4 atom stereocenters. The van der Waals surface area contributed by atoms with E-state index in [-0.39, 0.29) is 61.7 Å². The van der Waals surface area contributed by atoms with Crippen molar-refractivity contribution in [2.45, 2.75) is 62.1 Å². The van der Waals surface area contributed by atoms with Crippen molar-refractivity contribution in [3.05, 3.63) is 34.6 Å². The van der Waals surface area contributed by atoms with E-state index in [1.807, 2.05) is 0 Å². The van der Waals surface area contributed by atoms with Crippen LogP contribution < -0.4 is 20.7 Å². The molecule has 8 rings (SSSR count). The third-order valence-electron chi connectivity index (χ3n) is 9.70. The van der Waals surface area contributed by atoms with E-state index in [0.29, 0.717) is 37.3 Å². The molecule has 0 spiro atoms. The lowest BCUT2D eigenvalue weighted by Gasteiger charge is -2.34. The predicted octanol–water partition coefficient (Wildman–Crippen LogP) is 6.20. The number of piperazine rings is 1. The normalized spacial score (nSPS) is 26.8. The van der Waals surface area contributed by atoms with E-state index in [2.05, 4.69) is 25.1 Å². The van der Waals surface area contributed by atoms with Gasteiger partial charge in [-0.3, -0.25) is 4.90 Å². The zero-order valence-corrected chi connectivity index (χ0v) is 25.5. The van der Waals surface area contributed by atoms with Crippen LogP contribution in [0.4, 0.5) is 32.9 Å². The average molecular weight is 666 g/mol. The highest BCUT2D eigenvalue weighted by Gasteiger charge is 2.49. The molecule has 4 aliphatic heterocycles. The molecule has 8 nitrogen and oxygen atoms in total. The Balaban J connectivity index is 1.29. The Kier molecular flexibility index (Phi) is 6.83. The molecule has 3 N–H and O–H groups in total. The second-order valence-electron chi connectivity index (χ2n) is 12.6. The molecule has 0 aliphatic carbocycles. The van der Waals surface area contributed by atoms with Crippen LogP contribution in [0.25, 0.3) is 32.2 Å². The zero-order chi connectivity index (χ0) is 31.2. The molecule has 6 heterocycles. The lowest BCUT2D eigenvalue weighted by molar-refractivity contribution is -0.137. The van der Waals surface area contributed by atoms with Crippen LogP contribution in [-0.4, -0.2) is 76.4 Å². The summed E-state index contributed by atoms with van der Waals surface area (Å²) >= 11 is 7.60. The number of hydrogen-bond acceptors (Lipinski definition) is 9. The van der Waals surface area contributed by atoms with Gasteiger partial charge < -0.3 is 20.7 Å². The van der Waals surface area contributed by atoms with Crippen molar-refractivity contribution in [1.82, 2.24) is 25.2 Å². The molecule has 15 heteroatoms. The first kappa shape index (κ1) is 29.3. The van der Waals surface area contributed by atoms with Crippen molar-refractivity contribution < 1.29 is 26.7 Å². The predicted molar refractivity (Wildman–Crippen MR) is 163 cm³/mol. The average Bonchev–Trinajstić information content (AvgIpc) is 3.72. The Bertz CT molecular complexity index is 1830. The number of aromatic nitrogens is 3. The number of rotatable bonds is 5. The SMILES string of the molecule is Nc1nc2c(-c3c(Cl)cc4c(N5CC6CCC(C5)N6)nc(OC[C@@]56CCCN5C[C@H](F)C6)nc4c3F)cc(C(F)(F)F)cc2s1. The summed E-state index contributed by atoms with van der Waals surface area (Å²) in [6.45, 7) is 2.51. The maximum atomic E-state index is 16.8. The Morgan fingerprint density at radius 1 is 1.09 bits per heavy atom. The number of anilines is 2. The number of benzene rings is 2. The van der Waals surface area contributed by atoms with Gasteiger partial charge in [-0.25, -0.2) is 13.8 Å². The van der Waals surface area contributed by atoms with Crippen LogP contribution >= 0.6 is 22.9 Å². The summed E-state index contributed by atoms with van der Waals surface area (Å²) in [6, 6.07) is 3.68. The molecular formula is C30H29ClF5N7OS. The highest BCUT2D eigenvalue weighted by Crippen LogP contribution is 2.46. The Morgan fingerprint density at radius 2 is 1.87 bits per heavy atom. The van der Waals surface area contributed by atoms with E-state index in [1.54, 1.807) is 0 Å². The first-order valence-electron chi connectivity index (χ1n) is 15.0. The molecule has 2 bridgehead atoms. The van der Waals surface area contributed by atoms with Gasteiger partial charge in [-0.1, -0.05) is 22.9 Å². The fourth-order valence-electron chi connectivity index (χ4n) is 7.73. The topological polar surface area (TPSA) is 92.4 Å². The van der Waals surface area contributed by atoms with Gasteiger partial charge in [0.05, 0.1) is 26.3 Å². The van der Waals surface area contributed by atoms with Gasteiger partial charge in [0.2, 0.25) is 0 Å². The summed E-state index contributed by atoms with van der Waals surface area (Å²) in [4.78, 5) is 17.6. The van der Waals surface area contributed by atoms with E-state index in [4.69, 9.17) is 27.1 Å². The quantitative estimate of drug-likeness (QED) is 0.244. The van der Waals surface area contributed by atoms with Gasteiger partial charge in [-0.2, -0.15) is 23.1 Å². The molecule has 0 saturated carbocycles. The second kappa shape index (κ2) is 10.5. The van der Waals surface area contributed by atoms with Gasteiger partial charge >= 0.3 is 12.2 Å². The van der Waals surface area contributed by atoms with Crippen LogP contribution in [0, 0.1) is 5.82 Å². The van der Waals surface area contributed by atoms with Gasteiger partial charge in [0.15, 0.2) is 10.9 Å². The monoisotopic (exact) mass is 665 g/mol. The molecule has 4 fully saturated rings. The minimum absolute atomic E-state index is 0.0410. The molecule has 4 aliphatic rings. The number of nitrogen functional groups attached to an aromatic ring is 1. The number of nitrogens with one attached hydrogen (secondary N) is 1. The number of fused-ring (bicyclic) bond motifs is 5. The third kappa shape index (κ3) is 4.95. The molecule has 2 aromatic carbocycles. The second-order valence-corrected chi connectivity index (χ2v) is 14.1. The maximum Gasteiger partial charge on any atom is 0.416 e. The summed E-state index contributed by atoms with van der Waals surface area (Å²) in [5.74, 6) is -0.481. The first-order chi connectivity index (χ1) is 21.5. The first-order valence-corrected chi connectivity index (χ1v) is 16.2. The van der Waals surface area contributed by atoms with Crippen molar-refractivity contribution in [2.24, 2.45) is 0 Å². The standard InChI is InChI=1S/C30H29ClF5N7OS/c31-20-8-19-25(23(33)22(20)18-6-14(30(34,35)36)7-21-24(18)39-27(37)45-21)40-28(41-26(19)42-11-16-2-3-17(12-42)38-16)44-13-29-4-1-5-43(29)10-15(32)9-29/h6-8,15-17,38H,1-5,9-13H2,(H2,37,39)/t15-,16?,17?,29+/m1/s1. The number of alkyl halides is 4. The van der Waals surface area contributed by atoms with Crippen LogP contribution in [0.3, 0.4) is 0 Å². The fourth-order valence-corrected chi connectivity index (χ4v) is 8.83. The lowest BCUT2D eigenvalue weighted by Crippen LogP contribution is -2.51. The third-order valence-corrected chi connectivity index (χ3v) is 10.8. The number of ether oxygens (including phenoxy) is 1. The van der Waals surface area contributed by atoms with Gasteiger partial charge in [-0.05, 0) is 50.4 Å². The van der Waals surface area contributed by atoms with Gasteiger partial charge in [0, 0.05) is 54.7 Å². The van der Waals surface area contributed by atoms with Crippen LogP contribution in [0.1, 0.15) is 37.7 Å². The molecule has 0 amide bonds. The summed E-state index contributed by atoms with van der Waals surface area (Å²) < 4.78 is 79.4. The number of thiazole rings is 1.